The molecule has 0 saturated carbocycles. The van der Waals surface area contributed by atoms with Crippen molar-refractivity contribution in [3.05, 3.63) is 65.1 Å². The Hall–Kier alpha value is -2.17. The molecule has 2 aromatic heterocycles. The quantitative estimate of drug-likeness (QED) is 0.715. The van der Waals surface area contributed by atoms with E-state index in [1.165, 1.54) is 11.1 Å². The fraction of sp³-hybridized carbons (Fsp3) is 0.300. The number of aryl methyl sites for hydroxylation is 1. The number of hydrogen-bond acceptors (Lipinski definition) is 4. The molecule has 128 valence electrons. The zero-order valence-electron chi connectivity index (χ0n) is 14.3. The number of pyridine rings is 2. The second kappa shape index (κ2) is 6.98. The number of piperazine rings is 1. The number of halogens is 1. The highest BCUT2D eigenvalue weighted by Gasteiger charge is 2.20. The molecule has 0 N–H and O–H groups in total. The third-order valence-electron chi connectivity index (χ3n) is 4.79. The first kappa shape index (κ1) is 16.3. The van der Waals surface area contributed by atoms with Crippen molar-refractivity contribution >= 4 is 28.2 Å². The Balaban J connectivity index is 1.50. The Morgan fingerprint density at radius 3 is 2.68 bits per heavy atom. The normalized spacial score (nSPS) is 15.7. The van der Waals surface area contributed by atoms with Gasteiger partial charge in [-0.25, -0.2) is 0 Å². The molecule has 0 unspecified atom stereocenters. The van der Waals surface area contributed by atoms with Crippen LogP contribution in [0.2, 0.25) is 5.02 Å². The molecule has 25 heavy (non-hydrogen) atoms. The van der Waals surface area contributed by atoms with Gasteiger partial charge >= 0.3 is 0 Å². The van der Waals surface area contributed by atoms with Gasteiger partial charge in [0.05, 0.1) is 10.5 Å². The molecule has 0 aliphatic carbocycles. The summed E-state index contributed by atoms with van der Waals surface area (Å²) in [6.07, 6.45) is 3.53. The minimum Gasteiger partial charge on any atom is -0.368 e. The van der Waals surface area contributed by atoms with E-state index in [1.807, 2.05) is 12.3 Å². The molecular formula is C20H21ClN4. The van der Waals surface area contributed by atoms with Crippen LogP contribution in [0.1, 0.15) is 11.3 Å². The van der Waals surface area contributed by atoms with E-state index >= 15 is 0 Å². The molecule has 1 aromatic carbocycles. The molecule has 5 heteroatoms. The summed E-state index contributed by atoms with van der Waals surface area (Å²) in [7, 11) is 0. The topological polar surface area (TPSA) is 32.3 Å². The lowest BCUT2D eigenvalue weighted by atomic mass is 10.1. The third-order valence-corrected chi connectivity index (χ3v) is 5.13. The maximum Gasteiger partial charge on any atom is 0.0726 e. The number of nitrogens with zero attached hydrogens (tertiary/aromatic N) is 4. The van der Waals surface area contributed by atoms with Crippen molar-refractivity contribution in [3.8, 4) is 0 Å². The molecule has 3 heterocycles. The molecule has 0 radical (unpaired) electrons. The van der Waals surface area contributed by atoms with Gasteiger partial charge in [-0.3, -0.25) is 14.9 Å². The Morgan fingerprint density at radius 2 is 1.88 bits per heavy atom. The number of benzene rings is 1. The van der Waals surface area contributed by atoms with Crippen LogP contribution in [0.15, 0.2) is 48.8 Å². The first-order valence-corrected chi connectivity index (χ1v) is 9.00. The minimum atomic E-state index is 0.751. The SMILES string of the molecule is Cc1cc(N2CCN(Cc3ccncc3Cl)CC2)c2ccccc2n1. The van der Waals surface area contributed by atoms with Crippen LogP contribution in [0.5, 0.6) is 0 Å². The molecule has 0 spiro atoms. The molecule has 0 bridgehead atoms. The van der Waals surface area contributed by atoms with E-state index in [-0.39, 0.29) is 0 Å². The van der Waals surface area contributed by atoms with Crippen molar-refractivity contribution < 1.29 is 0 Å². The number of rotatable bonds is 3. The maximum atomic E-state index is 6.24. The van der Waals surface area contributed by atoms with Gasteiger partial charge < -0.3 is 4.90 Å². The fourth-order valence-corrected chi connectivity index (χ4v) is 3.65. The summed E-state index contributed by atoms with van der Waals surface area (Å²) in [5, 5.41) is 1.99. The van der Waals surface area contributed by atoms with Crippen molar-refractivity contribution in [3.63, 3.8) is 0 Å². The van der Waals surface area contributed by atoms with Crippen LogP contribution in [0.4, 0.5) is 5.69 Å². The van der Waals surface area contributed by atoms with E-state index in [4.69, 9.17) is 11.6 Å². The number of anilines is 1. The summed E-state index contributed by atoms with van der Waals surface area (Å²) in [6.45, 7) is 7.01. The standard InChI is InChI=1S/C20H21ClN4/c1-15-12-20(17-4-2-3-5-19(17)23-15)25-10-8-24(9-11-25)14-16-6-7-22-13-18(16)21/h2-7,12-13H,8-11,14H2,1H3. The summed E-state index contributed by atoms with van der Waals surface area (Å²) in [5.41, 5.74) is 4.59. The predicted octanol–water partition coefficient (Wildman–Crippen LogP) is 3.91. The fourth-order valence-electron chi connectivity index (χ4n) is 3.47. The third kappa shape index (κ3) is 3.46. The zero-order chi connectivity index (χ0) is 17.2. The van der Waals surface area contributed by atoms with Crippen molar-refractivity contribution in [2.24, 2.45) is 0 Å². The molecule has 3 aromatic rings. The van der Waals surface area contributed by atoms with Crippen molar-refractivity contribution in [2.45, 2.75) is 13.5 Å². The van der Waals surface area contributed by atoms with Crippen LogP contribution in [0, 0.1) is 6.92 Å². The average Bonchev–Trinajstić information content (AvgIpc) is 2.63. The van der Waals surface area contributed by atoms with Gasteiger partial charge in [-0.2, -0.15) is 0 Å². The molecule has 1 aliphatic rings. The first-order valence-electron chi connectivity index (χ1n) is 8.63. The largest absolute Gasteiger partial charge is 0.368 e. The highest BCUT2D eigenvalue weighted by molar-refractivity contribution is 6.31. The van der Waals surface area contributed by atoms with Crippen LogP contribution in [-0.4, -0.2) is 41.0 Å². The van der Waals surface area contributed by atoms with Gasteiger partial charge in [0, 0.05) is 61.9 Å². The molecule has 1 saturated heterocycles. The van der Waals surface area contributed by atoms with Gasteiger partial charge in [-0.15, -0.1) is 0 Å². The van der Waals surface area contributed by atoms with Gasteiger partial charge in [0.2, 0.25) is 0 Å². The van der Waals surface area contributed by atoms with Crippen molar-refractivity contribution in [1.82, 2.24) is 14.9 Å². The highest BCUT2D eigenvalue weighted by Crippen LogP contribution is 2.28. The molecule has 1 fully saturated rings. The van der Waals surface area contributed by atoms with Crippen LogP contribution < -0.4 is 4.90 Å². The Kier molecular flexibility index (Phi) is 4.55. The number of para-hydroxylation sites is 1. The summed E-state index contributed by atoms with van der Waals surface area (Å²) < 4.78 is 0. The summed E-state index contributed by atoms with van der Waals surface area (Å²) in [5.74, 6) is 0. The molecule has 4 nitrogen and oxygen atoms in total. The molecule has 0 amide bonds. The first-order chi connectivity index (χ1) is 12.2. The number of aromatic nitrogens is 2. The number of fused-ring (bicyclic) bond motifs is 1. The van der Waals surface area contributed by atoms with E-state index in [2.05, 4.69) is 57.0 Å². The summed E-state index contributed by atoms with van der Waals surface area (Å²) >= 11 is 6.24. The minimum absolute atomic E-state index is 0.751. The molecular weight excluding hydrogens is 332 g/mol. The summed E-state index contributed by atoms with van der Waals surface area (Å²) in [4.78, 5) is 13.6. The van der Waals surface area contributed by atoms with Crippen LogP contribution >= 0.6 is 11.6 Å². The van der Waals surface area contributed by atoms with E-state index in [0.29, 0.717) is 0 Å². The Bertz CT molecular complexity index is 888. The van der Waals surface area contributed by atoms with E-state index in [9.17, 15) is 0 Å². The lowest BCUT2D eigenvalue weighted by Crippen LogP contribution is -2.46. The molecule has 0 atom stereocenters. The van der Waals surface area contributed by atoms with Crippen LogP contribution in [-0.2, 0) is 6.54 Å². The lowest BCUT2D eigenvalue weighted by molar-refractivity contribution is 0.250. The zero-order valence-corrected chi connectivity index (χ0v) is 15.1. The van der Waals surface area contributed by atoms with E-state index in [1.54, 1.807) is 6.20 Å². The Morgan fingerprint density at radius 1 is 1.08 bits per heavy atom. The second-order valence-electron chi connectivity index (χ2n) is 6.53. The van der Waals surface area contributed by atoms with Gasteiger partial charge in [0.15, 0.2) is 0 Å². The summed E-state index contributed by atoms with van der Waals surface area (Å²) in [6, 6.07) is 12.6. The Labute approximate surface area is 153 Å². The van der Waals surface area contributed by atoms with E-state index in [0.717, 1.165) is 54.5 Å². The lowest BCUT2D eigenvalue weighted by Gasteiger charge is -2.36. The smallest absolute Gasteiger partial charge is 0.0726 e. The maximum absolute atomic E-state index is 6.24. The van der Waals surface area contributed by atoms with Crippen LogP contribution in [0.25, 0.3) is 10.9 Å². The van der Waals surface area contributed by atoms with Crippen LogP contribution in [0.3, 0.4) is 0 Å². The highest BCUT2D eigenvalue weighted by atomic mass is 35.5. The second-order valence-corrected chi connectivity index (χ2v) is 6.94. The predicted molar refractivity (Wildman–Crippen MR) is 103 cm³/mol. The molecule has 1 aliphatic heterocycles. The van der Waals surface area contributed by atoms with Gasteiger partial charge in [-0.05, 0) is 30.7 Å². The van der Waals surface area contributed by atoms with Gasteiger partial charge in [0.25, 0.3) is 0 Å². The van der Waals surface area contributed by atoms with Gasteiger partial charge in [0.1, 0.15) is 0 Å². The van der Waals surface area contributed by atoms with Gasteiger partial charge in [-0.1, -0.05) is 29.8 Å². The molecule has 4 rings (SSSR count). The van der Waals surface area contributed by atoms with E-state index < -0.39 is 0 Å². The average molecular weight is 353 g/mol. The monoisotopic (exact) mass is 352 g/mol. The number of hydrogen-bond donors (Lipinski definition) is 0. The van der Waals surface area contributed by atoms with Crippen molar-refractivity contribution in [1.29, 1.82) is 0 Å². The van der Waals surface area contributed by atoms with Crippen molar-refractivity contribution in [2.75, 3.05) is 31.1 Å².